The number of phenolic OH excluding ortho intramolecular Hbond substituents is 1. The molecule has 0 unspecified atom stereocenters. The van der Waals surface area contributed by atoms with Crippen LogP contribution in [0.15, 0.2) is 18.3 Å². The first kappa shape index (κ1) is 14.6. The van der Waals surface area contributed by atoms with Gasteiger partial charge < -0.3 is 21.3 Å². The van der Waals surface area contributed by atoms with Crippen LogP contribution in [0.25, 0.3) is 0 Å². The molecule has 0 bridgehead atoms. The fourth-order valence-electron chi connectivity index (χ4n) is 1.79. The number of aromatic nitrogens is 2. The smallest absolute Gasteiger partial charge is 0.221 e. The Labute approximate surface area is 130 Å². The quantitative estimate of drug-likeness (QED) is 0.694. The number of hydrogen-bond donors (Lipinski definition) is 3. The molecule has 1 aromatic heterocycles. The Bertz CT molecular complexity index is 634. The third-order valence-electron chi connectivity index (χ3n) is 2.69. The van der Waals surface area contributed by atoms with Crippen molar-refractivity contribution in [2.45, 2.75) is 13.3 Å². The predicted molar refractivity (Wildman–Crippen MR) is 85.7 cm³/mol. The number of nitrogens with zero attached hydrogens (tertiary/aromatic N) is 2. The van der Waals surface area contributed by atoms with Crippen molar-refractivity contribution in [1.82, 2.24) is 9.97 Å². The lowest BCUT2D eigenvalue weighted by Gasteiger charge is -2.11. The molecule has 106 valence electrons. The van der Waals surface area contributed by atoms with E-state index in [0.717, 1.165) is 11.1 Å². The molecule has 0 atom stereocenters. The van der Waals surface area contributed by atoms with Crippen molar-refractivity contribution in [3.8, 4) is 11.5 Å². The lowest BCUT2D eigenvalue weighted by atomic mass is 10.1. The molecule has 0 radical (unpaired) electrons. The van der Waals surface area contributed by atoms with E-state index in [-0.39, 0.29) is 11.7 Å². The number of rotatable bonds is 4. The topological polar surface area (TPSA) is 107 Å². The molecule has 0 amide bonds. The van der Waals surface area contributed by atoms with Gasteiger partial charge in [0.1, 0.15) is 17.3 Å². The Balaban J connectivity index is 2.33. The van der Waals surface area contributed by atoms with Crippen LogP contribution >= 0.6 is 22.6 Å². The van der Waals surface area contributed by atoms with Crippen molar-refractivity contribution in [2.75, 3.05) is 18.1 Å². The monoisotopic (exact) mass is 386 g/mol. The van der Waals surface area contributed by atoms with Crippen LogP contribution in [0.5, 0.6) is 11.5 Å². The van der Waals surface area contributed by atoms with Gasteiger partial charge in [-0.25, -0.2) is 4.98 Å². The van der Waals surface area contributed by atoms with Crippen molar-refractivity contribution in [3.63, 3.8) is 0 Å². The van der Waals surface area contributed by atoms with E-state index in [0.29, 0.717) is 28.2 Å². The zero-order valence-electron chi connectivity index (χ0n) is 10.9. The highest BCUT2D eigenvalue weighted by molar-refractivity contribution is 14.1. The van der Waals surface area contributed by atoms with Gasteiger partial charge >= 0.3 is 0 Å². The maximum absolute atomic E-state index is 9.93. The van der Waals surface area contributed by atoms with Gasteiger partial charge in [-0.05, 0) is 47.2 Å². The number of benzene rings is 1. The fourth-order valence-corrected chi connectivity index (χ4v) is 2.26. The summed E-state index contributed by atoms with van der Waals surface area (Å²) in [6.45, 7) is 2.43. The summed E-state index contributed by atoms with van der Waals surface area (Å²) >= 11 is 2.05. The van der Waals surface area contributed by atoms with Gasteiger partial charge in [0.05, 0.1) is 10.2 Å². The van der Waals surface area contributed by atoms with E-state index in [1.54, 1.807) is 12.3 Å². The Morgan fingerprint density at radius 2 is 2.10 bits per heavy atom. The molecular weight excluding hydrogens is 371 g/mol. The van der Waals surface area contributed by atoms with E-state index in [9.17, 15) is 5.11 Å². The molecule has 0 fully saturated rings. The van der Waals surface area contributed by atoms with Gasteiger partial charge in [-0.2, -0.15) is 4.98 Å². The number of nitrogens with two attached hydrogens (primary N) is 2. The summed E-state index contributed by atoms with van der Waals surface area (Å²) in [4.78, 5) is 7.84. The van der Waals surface area contributed by atoms with E-state index in [4.69, 9.17) is 16.2 Å². The lowest BCUT2D eigenvalue weighted by Crippen LogP contribution is -2.04. The number of halogens is 1. The molecule has 0 aliphatic rings. The van der Waals surface area contributed by atoms with Gasteiger partial charge in [0.25, 0.3) is 0 Å². The highest BCUT2D eigenvalue weighted by atomic mass is 127. The maximum atomic E-state index is 9.93. The Kier molecular flexibility index (Phi) is 4.48. The molecule has 7 heteroatoms. The summed E-state index contributed by atoms with van der Waals surface area (Å²) in [5.74, 6) is 1.32. The second-order valence-corrected chi connectivity index (χ2v) is 5.25. The van der Waals surface area contributed by atoms with Crippen LogP contribution in [-0.2, 0) is 6.42 Å². The molecule has 0 saturated carbocycles. The normalized spacial score (nSPS) is 10.5. The van der Waals surface area contributed by atoms with Gasteiger partial charge in [-0.1, -0.05) is 0 Å². The van der Waals surface area contributed by atoms with Crippen molar-refractivity contribution in [3.05, 3.63) is 33.0 Å². The average molecular weight is 386 g/mol. The largest absolute Gasteiger partial charge is 0.507 e. The van der Waals surface area contributed by atoms with E-state index in [1.807, 2.05) is 35.6 Å². The minimum atomic E-state index is 0.145. The van der Waals surface area contributed by atoms with Gasteiger partial charge in [0.15, 0.2) is 0 Å². The Hall–Kier alpha value is -1.77. The summed E-state index contributed by atoms with van der Waals surface area (Å²) in [6, 6.07) is 3.56. The second kappa shape index (κ2) is 6.12. The van der Waals surface area contributed by atoms with E-state index in [2.05, 4.69) is 9.97 Å². The number of nitrogen functional groups attached to an aromatic ring is 2. The summed E-state index contributed by atoms with van der Waals surface area (Å²) < 4.78 is 6.18. The third kappa shape index (κ3) is 3.21. The van der Waals surface area contributed by atoms with Gasteiger partial charge in [0.2, 0.25) is 5.95 Å². The highest BCUT2D eigenvalue weighted by Gasteiger charge is 2.11. The first-order valence-corrected chi connectivity index (χ1v) is 7.10. The van der Waals surface area contributed by atoms with Gasteiger partial charge in [0, 0.05) is 18.2 Å². The first-order chi connectivity index (χ1) is 9.51. The van der Waals surface area contributed by atoms with Crippen LogP contribution in [0, 0.1) is 3.57 Å². The predicted octanol–water partition coefficient (Wildman–Crippen LogP) is 1.94. The molecule has 0 aliphatic carbocycles. The average Bonchev–Trinajstić information content (AvgIpc) is 2.39. The fraction of sp³-hybridized carbons (Fsp3) is 0.231. The Morgan fingerprint density at radius 3 is 2.75 bits per heavy atom. The number of phenols is 1. The minimum absolute atomic E-state index is 0.145. The zero-order valence-corrected chi connectivity index (χ0v) is 13.1. The molecule has 1 heterocycles. The molecular formula is C13H15IN4O2. The minimum Gasteiger partial charge on any atom is -0.507 e. The molecule has 1 aromatic carbocycles. The van der Waals surface area contributed by atoms with Gasteiger partial charge in [-0.15, -0.1) is 0 Å². The van der Waals surface area contributed by atoms with E-state index < -0.39 is 0 Å². The summed E-state index contributed by atoms with van der Waals surface area (Å²) in [7, 11) is 0. The SMILES string of the molecule is CCOc1cc(Cc2cnc(N)nc2N)cc(O)c1I. The summed E-state index contributed by atoms with van der Waals surface area (Å²) in [6.07, 6.45) is 2.09. The molecule has 0 aliphatic heterocycles. The van der Waals surface area contributed by atoms with Crippen molar-refractivity contribution in [2.24, 2.45) is 0 Å². The molecule has 0 spiro atoms. The van der Waals surface area contributed by atoms with E-state index in [1.165, 1.54) is 0 Å². The molecule has 20 heavy (non-hydrogen) atoms. The number of hydrogen-bond acceptors (Lipinski definition) is 6. The van der Waals surface area contributed by atoms with E-state index >= 15 is 0 Å². The molecule has 5 N–H and O–H groups in total. The maximum Gasteiger partial charge on any atom is 0.221 e. The number of ether oxygens (including phenoxy) is 1. The van der Waals surface area contributed by atoms with Gasteiger partial charge in [-0.3, -0.25) is 0 Å². The highest BCUT2D eigenvalue weighted by Crippen LogP contribution is 2.32. The molecule has 2 rings (SSSR count). The van der Waals surface area contributed by atoms with Crippen LogP contribution in [0.2, 0.25) is 0 Å². The van der Waals surface area contributed by atoms with Crippen LogP contribution in [-0.4, -0.2) is 21.7 Å². The van der Waals surface area contributed by atoms with Crippen molar-refractivity contribution >= 4 is 34.4 Å². The lowest BCUT2D eigenvalue weighted by molar-refractivity contribution is 0.334. The number of anilines is 2. The van der Waals surface area contributed by atoms with Crippen LogP contribution in [0.3, 0.4) is 0 Å². The molecule has 0 saturated heterocycles. The standard InChI is InChI=1S/C13H15IN4O2/c1-2-20-10-5-7(4-9(19)11(10)14)3-8-6-17-13(16)18-12(8)15/h4-6,19H,2-3H2,1H3,(H4,15,16,17,18). The molecule has 2 aromatic rings. The summed E-state index contributed by atoms with van der Waals surface area (Å²) in [5.41, 5.74) is 12.9. The first-order valence-electron chi connectivity index (χ1n) is 6.02. The number of aromatic hydroxyl groups is 1. The molecule has 6 nitrogen and oxygen atoms in total. The second-order valence-electron chi connectivity index (χ2n) is 4.18. The summed E-state index contributed by atoms with van der Waals surface area (Å²) in [5, 5.41) is 9.93. The van der Waals surface area contributed by atoms with Crippen molar-refractivity contribution in [1.29, 1.82) is 0 Å². The van der Waals surface area contributed by atoms with Crippen LogP contribution < -0.4 is 16.2 Å². The third-order valence-corrected chi connectivity index (χ3v) is 3.78. The van der Waals surface area contributed by atoms with Crippen LogP contribution in [0.1, 0.15) is 18.1 Å². The Morgan fingerprint density at radius 1 is 1.35 bits per heavy atom. The zero-order chi connectivity index (χ0) is 14.7. The van der Waals surface area contributed by atoms with Crippen LogP contribution in [0.4, 0.5) is 11.8 Å². The van der Waals surface area contributed by atoms with Crippen molar-refractivity contribution < 1.29 is 9.84 Å².